The number of halogens is 1. The lowest BCUT2D eigenvalue weighted by Crippen LogP contribution is -2.22. The molecule has 2 aromatic rings. The average Bonchev–Trinajstić information content (AvgIpc) is 2.22. The molecule has 0 aliphatic carbocycles. The Labute approximate surface area is 102 Å². The van der Waals surface area contributed by atoms with Crippen LogP contribution in [0.3, 0.4) is 0 Å². The first-order valence-electron chi connectivity index (χ1n) is 5.22. The van der Waals surface area contributed by atoms with E-state index in [2.05, 4.69) is 34.8 Å². The number of benzene rings is 1. The molecule has 0 saturated carbocycles. The second-order valence-electron chi connectivity index (χ2n) is 4.26. The fraction of sp³-hybridized carbons (Fsp3) is 0.333. The van der Waals surface area contributed by atoms with E-state index in [0.717, 1.165) is 9.99 Å². The van der Waals surface area contributed by atoms with E-state index in [4.69, 9.17) is 0 Å². The molecule has 3 nitrogen and oxygen atoms in total. The Morgan fingerprint density at radius 2 is 2.19 bits per heavy atom. The van der Waals surface area contributed by atoms with Gasteiger partial charge in [-0.1, -0.05) is 29.8 Å². The van der Waals surface area contributed by atoms with Crippen molar-refractivity contribution in [1.82, 2.24) is 9.55 Å². The predicted octanol–water partition coefficient (Wildman–Crippen LogP) is 2.82. The molecule has 0 amide bonds. The monoisotopic (exact) mass is 280 g/mol. The fourth-order valence-electron chi connectivity index (χ4n) is 1.65. The van der Waals surface area contributed by atoms with Crippen LogP contribution < -0.4 is 5.56 Å². The van der Waals surface area contributed by atoms with E-state index < -0.39 is 0 Å². The molecule has 0 unspecified atom stereocenters. The number of fused-ring (bicyclic) bond motifs is 1. The molecular formula is C12H13BrN2O. The third kappa shape index (κ3) is 2.16. The molecule has 0 spiro atoms. The number of aromatic nitrogens is 2. The van der Waals surface area contributed by atoms with E-state index in [-0.39, 0.29) is 5.56 Å². The molecular weight excluding hydrogens is 268 g/mol. The lowest BCUT2D eigenvalue weighted by molar-refractivity contribution is 0.508. The van der Waals surface area contributed by atoms with Crippen LogP contribution in [-0.2, 0) is 6.54 Å². The zero-order valence-corrected chi connectivity index (χ0v) is 10.9. The molecule has 0 saturated heterocycles. The number of hydrogen-bond donors (Lipinski definition) is 0. The molecule has 0 N–H and O–H groups in total. The summed E-state index contributed by atoms with van der Waals surface area (Å²) in [6.45, 7) is 4.86. The normalized spacial score (nSPS) is 11.2. The number of nitrogens with zero attached hydrogens (tertiary/aromatic N) is 2. The summed E-state index contributed by atoms with van der Waals surface area (Å²) in [5.74, 6) is 0.434. The van der Waals surface area contributed by atoms with Gasteiger partial charge in [-0.25, -0.2) is 4.98 Å². The van der Waals surface area contributed by atoms with Gasteiger partial charge in [0.25, 0.3) is 5.56 Å². The van der Waals surface area contributed by atoms with E-state index in [0.29, 0.717) is 17.8 Å². The molecule has 16 heavy (non-hydrogen) atoms. The van der Waals surface area contributed by atoms with Gasteiger partial charge in [-0.3, -0.25) is 9.36 Å². The summed E-state index contributed by atoms with van der Waals surface area (Å²) in [7, 11) is 0. The van der Waals surface area contributed by atoms with Gasteiger partial charge in [0.1, 0.15) is 0 Å². The maximum Gasteiger partial charge on any atom is 0.261 e. The lowest BCUT2D eigenvalue weighted by atomic mass is 10.2. The molecule has 1 heterocycles. The second kappa shape index (κ2) is 4.37. The Balaban J connectivity index is 2.64. The van der Waals surface area contributed by atoms with Crippen molar-refractivity contribution in [2.24, 2.45) is 5.92 Å². The van der Waals surface area contributed by atoms with Crippen molar-refractivity contribution in [1.29, 1.82) is 0 Å². The van der Waals surface area contributed by atoms with E-state index in [9.17, 15) is 4.79 Å². The Bertz CT molecular complexity index is 575. The number of rotatable bonds is 2. The van der Waals surface area contributed by atoms with Gasteiger partial charge in [-0.2, -0.15) is 0 Å². The highest BCUT2D eigenvalue weighted by molar-refractivity contribution is 9.10. The molecule has 1 aromatic heterocycles. The average molecular weight is 281 g/mol. The van der Waals surface area contributed by atoms with Crippen LogP contribution in [0.15, 0.2) is 33.8 Å². The van der Waals surface area contributed by atoms with Crippen molar-refractivity contribution >= 4 is 26.8 Å². The second-order valence-corrected chi connectivity index (χ2v) is 5.17. The summed E-state index contributed by atoms with van der Waals surface area (Å²) in [4.78, 5) is 16.4. The number of hydrogen-bond acceptors (Lipinski definition) is 2. The molecule has 0 aliphatic rings. The molecule has 1 aromatic carbocycles. The SMILES string of the molecule is CC(C)Cn1cnc2ccc(Br)cc2c1=O. The van der Waals surface area contributed by atoms with E-state index in [1.807, 2.05) is 18.2 Å². The van der Waals surface area contributed by atoms with Crippen molar-refractivity contribution in [3.8, 4) is 0 Å². The van der Waals surface area contributed by atoms with Gasteiger partial charge in [0.2, 0.25) is 0 Å². The maximum atomic E-state index is 12.1. The molecule has 0 aliphatic heterocycles. The van der Waals surface area contributed by atoms with Gasteiger partial charge in [0.05, 0.1) is 17.2 Å². The van der Waals surface area contributed by atoms with E-state index in [1.165, 1.54) is 0 Å². The van der Waals surface area contributed by atoms with Gasteiger partial charge in [-0.15, -0.1) is 0 Å². The first-order valence-corrected chi connectivity index (χ1v) is 6.02. The van der Waals surface area contributed by atoms with Gasteiger partial charge in [-0.05, 0) is 24.1 Å². The fourth-order valence-corrected chi connectivity index (χ4v) is 2.02. The van der Waals surface area contributed by atoms with Gasteiger partial charge >= 0.3 is 0 Å². The highest BCUT2D eigenvalue weighted by Gasteiger charge is 2.05. The molecule has 0 fully saturated rings. The smallest absolute Gasteiger partial charge is 0.261 e. The summed E-state index contributed by atoms with van der Waals surface area (Å²) in [5, 5.41) is 0.664. The van der Waals surface area contributed by atoms with E-state index in [1.54, 1.807) is 10.9 Å². The minimum absolute atomic E-state index is 0.0278. The van der Waals surface area contributed by atoms with Crippen LogP contribution in [0.4, 0.5) is 0 Å². The van der Waals surface area contributed by atoms with Crippen LogP contribution in [0.5, 0.6) is 0 Å². The van der Waals surface area contributed by atoms with Crippen LogP contribution in [-0.4, -0.2) is 9.55 Å². The van der Waals surface area contributed by atoms with Crippen LogP contribution in [0.25, 0.3) is 10.9 Å². The van der Waals surface area contributed by atoms with Crippen molar-refractivity contribution in [3.05, 3.63) is 39.4 Å². The summed E-state index contributed by atoms with van der Waals surface area (Å²) in [5.41, 5.74) is 0.771. The minimum Gasteiger partial charge on any atom is -0.298 e. The Hall–Kier alpha value is -1.16. The highest BCUT2D eigenvalue weighted by Crippen LogP contribution is 2.14. The van der Waals surface area contributed by atoms with Gasteiger partial charge in [0.15, 0.2) is 0 Å². The van der Waals surface area contributed by atoms with Crippen molar-refractivity contribution < 1.29 is 0 Å². The van der Waals surface area contributed by atoms with Crippen LogP contribution in [0, 0.1) is 5.92 Å². The predicted molar refractivity (Wildman–Crippen MR) is 68.5 cm³/mol. The van der Waals surface area contributed by atoms with E-state index >= 15 is 0 Å². The van der Waals surface area contributed by atoms with Crippen molar-refractivity contribution in [3.63, 3.8) is 0 Å². The Kier molecular flexibility index (Phi) is 3.10. The zero-order chi connectivity index (χ0) is 11.7. The quantitative estimate of drug-likeness (QED) is 0.848. The lowest BCUT2D eigenvalue weighted by Gasteiger charge is -2.08. The first-order chi connectivity index (χ1) is 7.58. The molecule has 0 bridgehead atoms. The molecule has 84 valence electrons. The highest BCUT2D eigenvalue weighted by atomic mass is 79.9. The maximum absolute atomic E-state index is 12.1. The third-order valence-electron chi connectivity index (χ3n) is 2.35. The summed E-state index contributed by atoms with van der Waals surface area (Å²) < 4.78 is 2.57. The van der Waals surface area contributed by atoms with Crippen LogP contribution in [0.2, 0.25) is 0 Å². The van der Waals surface area contributed by atoms with Gasteiger partial charge < -0.3 is 0 Å². The zero-order valence-electron chi connectivity index (χ0n) is 9.27. The first kappa shape index (κ1) is 11.3. The van der Waals surface area contributed by atoms with Crippen molar-refractivity contribution in [2.45, 2.75) is 20.4 Å². The minimum atomic E-state index is 0.0278. The molecule has 4 heteroatoms. The van der Waals surface area contributed by atoms with Crippen LogP contribution >= 0.6 is 15.9 Å². The topological polar surface area (TPSA) is 34.9 Å². The summed E-state index contributed by atoms with van der Waals surface area (Å²) in [6.07, 6.45) is 1.62. The molecule has 0 atom stereocenters. The van der Waals surface area contributed by atoms with Crippen molar-refractivity contribution in [2.75, 3.05) is 0 Å². The molecule has 2 rings (SSSR count). The Morgan fingerprint density at radius 3 is 2.88 bits per heavy atom. The standard InChI is InChI=1S/C12H13BrN2O/c1-8(2)6-15-7-14-11-4-3-9(13)5-10(11)12(15)16/h3-5,7-8H,6H2,1-2H3. The van der Waals surface area contributed by atoms with Crippen LogP contribution in [0.1, 0.15) is 13.8 Å². The molecule has 0 radical (unpaired) electrons. The Morgan fingerprint density at radius 1 is 1.44 bits per heavy atom. The summed E-state index contributed by atoms with van der Waals surface area (Å²) >= 11 is 3.37. The van der Waals surface area contributed by atoms with Gasteiger partial charge in [0, 0.05) is 11.0 Å². The summed E-state index contributed by atoms with van der Waals surface area (Å²) in [6, 6.07) is 5.56. The third-order valence-corrected chi connectivity index (χ3v) is 2.84. The largest absolute Gasteiger partial charge is 0.298 e.